The topological polar surface area (TPSA) is 0 Å². The molecule has 0 rings (SSSR count). The molecular weight excluding hydrogens is 355 g/mol. The van der Waals surface area contributed by atoms with Crippen LogP contribution in [-0.4, -0.2) is 18.5 Å². The van der Waals surface area contributed by atoms with Crippen molar-refractivity contribution in [3.63, 3.8) is 0 Å². The zero-order valence-corrected chi connectivity index (χ0v) is 20.5. The van der Waals surface area contributed by atoms with Crippen molar-refractivity contribution >= 4 is 17.9 Å². The van der Waals surface area contributed by atoms with Crippen molar-refractivity contribution in [2.45, 2.75) is 136 Å². The molecule has 0 aliphatic carbocycles. The summed E-state index contributed by atoms with van der Waals surface area (Å²) in [6.45, 7) is 5.43. The molecule has 0 fully saturated rings. The first-order chi connectivity index (χ1) is 12.7. The molecule has 0 aromatic rings. The van der Waals surface area contributed by atoms with Gasteiger partial charge in [0.25, 0.3) is 0 Å². The molecule has 0 N–H and O–H groups in total. The van der Waals surface area contributed by atoms with Gasteiger partial charge in [0.1, 0.15) is 0 Å². The summed E-state index contributed by atoms with van der Waals surface area (Å²) < 4.78 is 0. The van der Waals surface area contributed by atoms with E-state index >= 15 is 0 Å². The summed E-state index contributed by atoms with van der Waals surface area (Å²) in [7, 11) is 0. The van der Waals surface area contributed by atoms with Gasteiger partial charge in [0.05, 0.1) is 0 Å². The zero-order chi connectivity index (χ0) is 19.3. The molecule has 0 heterocycles. The van der Waals surface area contributed by atoms with E-state index in [9.17, 15) is 0 Å². The molecule has 0 atom stereocenters. The Bertz CT molecular complexity index is 226. The van der Waals surface area contributed by atoms with Crippen molar-refractivity contribution in [1.29, 1.82) is 0 Å². The molecule has 0 saturated heterocycles. The fraction of sp³-hybridized carbons (Fsp3) is 1.00. The summed E-state index contributed by atoms with van der Waals surface area (Å²) in [5, 5.41) is 0. The van der Waals surface area contributed by atoms with E-state index in [-0.39, 0.29) is 0 Å². The summed E-state index contributed by atoms with van der Waals surface area (Å²) >= 11 is 7.30. The molecule has 0 saturated carbocycles. The third-order valence-corrected chi connectivity index (χ3v) is 11.4. The summed E-state index contributed by atoms with van der Waals surface area (Å²) in [6.07, 6.45) is 29.6. The van der Waals surface area contributed by atoms with Gasteiger partial charge in [0, 0.05) is 0 Å². The van der Waals surface area contributed by atoms with E-state index in [0.717, 1.165) is 0 Å². The number of unbranched alkanes of at least 4 members (excludes halogenated alkanes) is 15. The van der Waals surface area contributed by atoms with Crippen molar-refractivity contribution in [2.75, 3.05) is 18.5 Å². The van der Waals surface area contributed by atoms with Crippen LogP contribution in [0.4, 0.5) is 0 Å². The SMILES string of the molecule is CCCCCCCC[PH](Cl)(CCCCCCCC)CCCCCCCC. The van der Waals surface area contributed by atoms with Crippen molar-refractivity contribution in [3.8, 4) is 0 Å². The first kappa shape index (κ1) is 26.7. The number of hydrogen-bond donors (Lipinski definition) is 0. The second-order valence-electron chi connectivity index (χ2n) is 8.70. The van der Waals surface area contributed by atoms with Crippen LogP contribution in [0.25, 0.3) is 0 Å². The monoisotopic (exact) mass is 406 g/mol. The van der Waals surface area contributed by atoms with E-state index in [1.165, 1.54) is 134 Å². The molecule has 26 heavy (non-hydrogen) atoms. The molecule has 0 bridgehead atoms. The average Bonchev–Trinajstić information content (AvgIpc) is 2.64. The van der Waals surface area contributed by atoms with Crippen LogP contribution in [0.3, 0.4) is 0 Å². The van der Waals surface area contributed by atoms with Crippen molar-refractivity contribution in [2.24, 2.45) is 0 Å². The van der Waals surface area contributed by atoms with Crippen LogP contribution in [0.1, 0.15) is 136 Å². The van der Waals surface area contributed by atoms with Gasteiger partial charge in [-0.25, -0.2) is 0 Å². The molecule has 0 aromatic carbocycles. The van der Waals surface area contributed by atoms with Gasteiger partial charge >= 0.3 is 173 Å². The maximum absolute atomic E-state index is 7.30. The molecule has 2 heteroatoms. The van der Waals surface area contributed by atoms with E-state index in [4.69, 9.17) is 11.2 Å². The van der Waals surface area contributed by atoms with Gasteiger partial charge in [-0.2, -0.15) is 0 Å². The normalized spacial score (nSPS) is 12.6. The molecule has 0 aliphatic rings. The minimum atomic E-state index is -1.48. The van der Waals surface area contributed by atoms with Gasteiger partial charge in [0.2, 0.25) is 0 Å². The van der Waals surface area contributed by atoms with E-state index in [2.05, 4.69) is 20.8 Å². The Kier molecular flexibility index (Phi) is 21.0. The van der Waals surface area contributed by atoms with Crippen molar-refractivity contribution in [3.05, 3.63) is 0 Å². The van der Waals surface area contributed by atoms with Gasteiger partial charge in [-0.15, -0.1) is 0 Å². The quantitative estimate of drug-likeness (QED) is 0.131. The predicted octanol–water partition coefficient (Wildman–Crippen LogP) is 9.97. The zero-order valence-electron chi connectivity index (χ0n) is 18.7. The molecule has 0 unspecified atom stereocenters. The fourth-order valence-corrected chi connectivity index (χ4v) is 8.65. The molecule has 0 radical (unpaired) electrons. The van der Waals surface area contributed by atoms with Crippen LogP contribution in [0.5, 0.6) is 0 Å². The van der Waals surface area contributed by atoms with Crippen LogP contribution in [0.15, 0.2) is 0 Å². The Morgan fingerprint density at radius 3 is 0.885 bits per heavy atom. The summed E-state index contributed by atoms with van der Waals surface area (Å²) in [5.74, 6) is 0. The van der Waals surface area contributed by atoms with E-state index in [1.807, 2.05) is 0 Å². The maximum atomic E-state index is 7.30. The first-order valence-corrected chi connectivity index (χ1v) is 16.0. The van der Waals surface area contributed by atoms with Crippen LogP contribution in [0.2, 0.25) is 0 Å². The van der Waals surface area contributed by atoms with E-state index in [1.54, 1.807) is 0 Å². The summed E-state index contributed by atoms with van der Waals surface area (Å²) in [4.78, 5) is 0. The van der Waals surface area contributed by atoms with Crippen molar-refractivity contribution in [1.82, 2.24) is 0 Å². The van der Waals surface area contributed by atoms with Crippen LogP contribution in [0, 0.1) is 0 Å². The van der Waals surface area contributed by atoms with Crippen LogP contribution >= 0.6 is 17.9 Å². The molecule has 0 amide bonds. The second kappa shape index (κ2) is 20.5. The second-order valence-corrected chi connectivity index (χ2v) is 14.9. The Morgan fingerprint density at radius 2 is 0.615 bits per heavy atom. The summed E-state index contributed by atoms with van der Waals surface area (Å²) in [5.41, 5.74) is 0. The molecule has 0 aliphatic heterocycles. The van der Waals surface area contributed by atoms with E-state index < -0.39 is 6.62 Å². The predicted molar refractivity (Wildman–Crippen MR) is 129 cm³/mol. The molecular formula is C24H52ClP. The molecule has 0 spiro atoms. The Morgan fingerprint density at radius 1 is 0.385 bits per heavy atom. The van der Waals surface area contributed by atoms with Crippen LogP contribution in [-0.2, 0) is 0 Å². The Hall–Kier alpha value is 0.720. The molecule has 0 nitrogen and oxygen atoms in total. The van der Waals surface area contributed by atoms with E-state index in [0.29, 0.717) is 0 Å². The first-order valence-electron chi connectivity index (χ1n) is 12.4. The van der Waals surface area contributed by atoms with Gasteiger partial charge in [-0.1, -0.05) is 0 Å². The van der Waals surface area contributed by atoms with Gasteiger partial charge in [-0.3, -0.25) is 0 Å². The van der Waals surface area contributed by atoms with Crippen molar-refractivity contribution < 1.29 is 0 Å². The average molecular weight is 407 g/mol. The third-order valence-electron chi connectivity index (χ3n) is 5.94. The minimum absolute atomic E-state index is 1.35. The number of hydrogen-bond acceptors (Lipinski definition) is 0. The molecule has 0 aromatic heterocycles. The third kappa shape index (κ3) is 18.1. The number of halogens is 1. The summed E-state index contributed by atoms with van der Waals surface area (Å²) in [6, 6.07) is 0. The van der Waals surface area contributed by atoms with Gasteiger partial charge < -0.3 is 0 Å². The van der Waals surface area contributed by atoms with Crippen LogP contribution < -0.4 is 0 Å². The molecule has 160 valence electrons. The van der Waals surface area contributed by atoms with Gasteiger partial charge in [0.15, 0.2) is 0 Å². The van der Waals surface area contributed by atoms with Gasteiger partial charge in [-0.05, 0) is 0 Å². The standard InChI is InChI=1S/C24H52ClP/c1-4-7-10-13-16-19-22-26(25,23-20-17-14-11-8-5-2)24-21-18-15-12-9-6-3/h26H,4-24H2,1-3H3. The number of rotatable bonds is 21. The fourth-order valence-electron chi connectivity index (χ4n) is 4.04. The Labute approximate surface area is 172 Å². The Balaban J connectivity index is 4.02.